The van der Waals surface area contributed by atoms with Gasteiger partial charge >= 0.3 is 11.9 Å². The van der Waals surface area contributed by atoms with Crippen LogP contribution in [0.25, 0.3) is 5.70 Å². The van der Waals surface area contributed by atoms with Crippen molar-refractivity contribution in [2.45, 2.75) is 40.2 Å². The van der Waals surface area contributed by atoms with E-state index in [1.165, 1.54) is 4.90 Å². The zero-order valence-electron chi connectivity index (χ0n) is 23.5. The molecule has 2 aromatic carbocycles. The Hall–Kier alpha value is -4.66. The lowest BCUT2D eigenvalue weighted by molar-refractivity contribution is -0.145. The van der Waals surface area contributed by atoms with Crippen molar-refractivity contribution in [1.29, 1.82) is 0 Å². The van der Waals surface area contributed by atoms with Crippen LogP contribution in [0.2, 0.25) is 0 Å². The van der Waals surface area contributed by atoms with E-state index in [9.17, 15) is 14.4 Å². The highest BCUT2D eigenvalue weighted by Crippen LogP contribution is 2.60. The number of fused-ring (bicyclic) bond motifs is 1. The van der Waals surface area contributed by atoms with Crippen LogP contribution in [0.5, 0.6) is 0 Å². The fourth-order valence-electron chi connectivity index (χ4n) is 6.07. The van der Waals surface area contributed by atoms with Crippen molar-refractivity contribution in [2.75, 3.05) is 13.7 Å². The summed E-state index contributed by atoms with van der Waals surface area (Å²) >= 11 is 0. The standard InChI is InChI=1S/C32H32N2O7/c1-5-40-29(37)24-26(20-14-10-7-11-15-20)34(18-19-12-8-6-9-13-19)30(38)32(24)23-21(35)16-31(2,3)17-22(23)41-27(33)25(32)28(36)39-4/h6-15H,5,16-18,33H2,1-4H3. The van der Waals surface area contributed by atoms with Crippen molar-refractivity contribution >= 4 is 29.3 Å². The van der Waals surface area contributed by atoms with Gasteiger partial charge in [0.15, 0.2) is 11.2 Å². The second-order valence-corrected chi connectivity index (χ2v) is 11.0. The van der Waals surface area contributed by atoms with Crippen LogP contribution in [0.15, 0.2) is 89.0 Å². The minimum atomic E-state index is -2.23. The van der Waals surface area contributed by atoms with E-state index in [4.69, 9.17) is 19.9 Å². The van der Waals surface area contributed by atoms with E-state index in [0.717, 1.165) is 12.7 Å². The number of rotatable bonds is 6. The number of amides is 1. The number of esters is 2. The number of ketones is 1. The lowest BCUT2D eigenvalue weighted by Crippen LogP contribution is -2.51. The number of methoxy groups -OCH3 is 1. The zero-order chi connectivity index (χ0) is 29.5. The highest BCUT2D eigenvalue weighted by atomic mass is 16.5. The average molecular weight is 557 g/mol. The van der Waals surface area contributed by atoms with Gasteiger partial charge in [-0.25, -0.2) is 9.59 Å². The molecule has 1 unspecified atom stereocenters. The predicted octanol–water partition coefficient (Wildman–Crippen LogP) is 4.01. The number of nitrogens with zero attached hydrogens (tertiary/aromatic N) is 1. The van der Waals surface area contributed by atoms with Crippen molar-refractivity contribution in [3.8, 4) is 0 Å². The third kappa shape index (κ3) is 4.41. The molecule has 1 atom stereocenters. The molecule has 1 spiro atoms. The maximum atomic E-state index is 15.1. The molecular weight excluding hydrogens is 524 g/mol. The maximum absolute atomic E-state index is 15.1. The molecular formula is C32H32N2O7. The predicted molar refractivity (Wildman–Crippen MR) is 149 cm³/mol. The summed E-state index contributed by atoms with van der Waals surface area (Å²) in [5.41, 5.74) is 4.51. The van der Waals surface area contributed by atoms with Crippen LogP contribution < -0.4 is 5.73 Å². The number of Topliss-reactive ketones (excluding diaryl/α,β-unsaturated/α-hetero) is 1. The molecule has 3 aliphatic rings. The SMILES string of the molecule is CCOC(=O)C1=C(c2ccccc2)N(Cc2ccccc2)C(=O)C12C(C(=O)OC)=C(N)OC1=C2C(=O)CC(C)(C)C1. The Morgan fingerprint density at radius 3 is 2.20 bits per heavy atom. The van der Waals surface area contributed by atoms with Crippen LogP contribution in [0, 0.1) is 10.8 Å². The summed E-state index contributed by atoms with van der Waals surface area (Å²) in [6.45, 7) is 5.47. The molecule has 0 bridgehead atoms. The quantitative estimate of drug-likeness (QED) is 0.530. The second-order valence-electron chi connectivity index (χ2n) is 11.0. The molecule has 0 fully saturated rings. The number of nitrogens with two attached hydrogens (primary N) is 1. The van der Waals surface area contributed by atoms with Crippen LogP contribution in [0.3, 0.4) is 0 Å². The van der Waals surface area contributed by atoms with E-state index in [1.807, 2.05) is 50.2 Å². The van der Waals surface area contributed by atoms with Gasteiger partial charge in [0.2, 0.25) is 11.8 Å². The Balaban J connectivity index is 1.93. The van der Waals surface area contributed by atoms with Crippen molar-refractivity contribution in [3.63, 3.8) is 0 Å². The molecule has 1 aliphatic carbocycles. The van der Waals surface area contributed by atoms with Gasteiger partial charge in [0.25, 0.3) is 0 Å². The highest BCUT2D eigenvalue weighted by molar-refractivity contribution is 6.24. The minimum Gasteiger partial charge on any atom is -0.465 e. The second kappa shape index (κ2) is 10.4. The largest absolute Gasteiger partial charge is 0.465 e. The molecule has 0 radical (unpaired) electrons. The Bertz CT molecular complexity index is 1540. The normalized spacial score (nSPS) is 21.7. The number of ether oxygens (including phenoxy) is 3. The summed E-state index contributed by atoms with van der Waals surface area (Å²) in [7, 11) is 1.14. The molecule has 2 aromatic rings. The van der Waals surface area contributed by atoms with Gasteiger partial charge in [-0.3, -0.25) is 9.59 Å². The topological polar surface area (TPSA) is 125 Å². The van der Waals surface area contributed by atoms with Crippen molar-refractivity contribution in [1.82, 2.24) is 4.90 Å². The first kappa shape index (κ1) is 27.9. The van der Waals surface area contributed by atoms with Gasteiger partial charge in [-0.1, -0.05) is 74.5 Å². The highest BCUT2D eigenvalue weighted by Gasteiger charge is 2.67. The van der Waals surface area contributed by atoms with Gasteiger partial charge in [0, 0.05) is 12.8 Å². The lowest BCUT2D eigenvalue weighted by Gasteiger charge is -2.42. The van der Waals surface area contributed by atoms with Crippen LogP contribution in [0.1, 0.15) is 44.7 Å². The van der Waals surface area contributed by atoms with Crippen molar-refractivity contribution in [3.05, 3.63) is 100 Å². The Morgan fingerprint density at radius 2 is 1.59 bits per heavy atom. The molecule has 2 aliphatic heterocycles. The van der Waals surface area contributed by atoms with Gasteiger partial charge in [0.1, 0.15) is 11.3 Å². The number of carbonyl (C=O) groups is 4. The third-order valence-electron chi connectivity index (χ3n) is 7.61. The molecule has 0 aromatic heterocycles. The van der Waals surface area contributed by atoms with Crippen LogP contribution in [0.4, 0.5) is 0 Å². The van der Waals surface area contributed by atoms with Crippen LogP contribution in [-0.4, -0.2) is 42.2 Å². The monoisotopic (exact) mass is 556 g/mol. The zero-order valence-corrected chi connectivity index (χ0v) is 23.5. The molecule has 2 heterocycles. The van der Waals surface area contributed by atoms with Gasteiger partial charge in [-0.05, 0) is 23.5 Å². The summed E-state index contributed by atoms with van der Waals surface area (Å²) in [6, 6.07) is 18.1. The average Bonchev–Trinajstić information content (AvgIpc) is 3.16. The molecule has 9 heteroatoms. The fraction of sp³-hybridized carbons (Fsp3) is 0.312. The minimum absolute atomic E-state index is 0.0104. The van der Waals surface area contributed by atoms with E-state index < -0.39 is 45.9 Å². The molecule has 212 valence electrons. The Labute approximate surface area is 238 Å². The van der Waals surface area contributed by atoms with Gasteiger partial charge in [-0.2, -0.15) is 0 Å². The molecule has 0 saturated heterocycles. The van der Waals surface area contributed by atoms with E-state index in [2.05, 4.69) is 0 Å². The first-order valence-corrected chi connectivity index (χ1v) is 13.4. The first-order valence-electron chi connectivity index (χ1n) is 13.4. The van der Waals surface area contributed by atoms with Gasteiger partial charge in [0.05, 0.1) is 37.1 Å². The summed E-state index contributed by atoms with van der Waals surface area (Å²) < 4.78 is 16.6. The van der Waals surface area contributed by atoms with E-state index in [1.54, 1.807) is 31.2 Å². The summed E-state index contributed by atoms with van der Waals surface area (Å²) in [5, 5.41) is 0. The van der Waals surface area contributed by atoms with E-state index in [0.29, 0.717) is 5.56 Å². The van der Waals surface area contributed by atoms with Crippen molar-refractivity contribution in [2.24, 2.45) is 16.6 Å². The first-order chi connectivity index (χ1) is 19.6. The molecule has 2 N–H and O–H groups in total. The number of allylic oxidation sites excluding steroid dienone is 1. The fourth-order valence-corrected chi connectivity index (χ4v) is 6.07. The Kier molecular flexibility index (Phi) is 7.07. The van der Waals surface area contributed by atoms with Crippen LogP contribution in [-0.2, 0) is 39.9 Å². The summed E-state index contributed by atoms with van der Waals surface area (Å²) in [4.78, 5) is 58.1. The van der Waals surface area contributed by atoms with Gasteiger partial charge < -0.3 is 24.8 Å². The summed E-state index contributed by atoms with van der Waals surface area (Å²) in [6.07, 6.45) is 0.321. The third-order valence-corrected chi connectivity index (χ3v) is 7.61. The molecule has 41 heavy (non-hydrogen) atoms. The number of benzene rings is 2. The van der Waals surface area contributed by atoms with E-state index in [-0.39, 0.29) is 48.6 Å². The lowest BCUT2D eigenvalue weighted by atomic mass is 9.61. The molecule has 0 saturated carbocycles. The van der Waals surface area contributed by atoms with Crippen molar-refractivity contribution < 1.29 is 33.4 Å². The maximum Gasteiger partial charge on any atom is 0.340 e. The van der Waals surface area contributed by atoms with E-state index >= 15 is 4.79 Å². The summed E-state index contributed by atoms with van der Waals surface area (Å²) in [5.74, 6) is -3.19. The molecule has 1 amide bonds. The number of hydrogen-bond acceptors (Lipinski definition) is 8. The molecule has 5 rings (SSSR count). The van der Waals surface area contributed by atoms with Crippen LogP contribution >= 0.6 is 0 Å². The smallest absolute Gasteiger partial charge is 0.340 e. The molecule has 9 nitrogen and oxygen atoms in total. The Morgan fingerprint density at radius 1 is 0.951 bits per heavy atom. The number of hydrogen-bond donors (Lipinski definition) is 1. The van der Waals surface area contributed by atoms with Gasteiger partial charge in [-0.15, -0.1) is 0 Å². The number of carbonyl (C=O) groups excluding carboxylic acids is 4.